The van der Waals surface area contributed by atoms with Gasteiger partial charge < -0.3 is 9.47 Å². The first-order chi connectivity index (χ1) is 10.4. The van der Waals surface area contributed by atoms with E-state index in [0.29, 0.717) is 13.2 Å². The first-order valence-electron chi connectivity index (χ1n) is 7.10. The van der Waals surface area contributed by atoms with Crippen molar-refractivity contribution in [2.45, 2.75) is 6.10 Å². The van der Waals surface area contributed by atoms with E-state index in [4.69, 9.17) is 9.47 Å². The van der Waals surface area contributed by atoms with Crippen molar-refractivity contribution < 1.29 is 9.47 Å². The normalized spacial score (nSPS) is 17.3. The molecule has 2 nitrogen and oxygen atoms in total. The summed E-state index contributed by atoms with van der Waals surface area (Å²) in [5.41, 5.74) is 3.45. The van der Waals surface area contributed by atoms with Gasteiger partial charge >= 0.3 is 0 Å². The molecule has 1 atom stereocenters. The summed E-state index contributed by atoms with van der Waals surface area (Å²) in [6.45, 7) is 4.82. The third kappa shape index (κ3) is 2.91. The van der Waals surface area contributed by atoms with Gasteiger partial charge in [-0.3, -0.25) is 0 Å². The molecule has 0 aliphatic carbocycles. The topological polar surface area (TPSA) is 18.5 Å². The Kier molecular flexibility index (Phi) is 4.17. The number of hydrogen-bond donors (Lipinski definition) is 0. The number of para-hydroxylation sites is 1. The zero-order chi connectivity index (χ0) is 14.5. The van der Waals surface area contributed by atoms with E-state index < -0.39 is 0 Å². The number of ether oxygens (including phenoxy) is 2. The van der Waals surface area contributed by atoms with Crippen molar-refractivity contribution in [3.8, 4) is 5.75 Å². The molecular weight excluding hydrogens is 260 g/mol. The predicted molar refractivity (Wildman–Crippen MR) is 85.2 cm³/mol. The van der Waals surface area contributed by atoms with E-state index >= 15 is 0 Å². The Morgan fingerprint density at radius 2 is 1.86 bits per heavy atom. The Labute approximate surface area is 125 Å². The van der Waals surface area contributed by atoms with Crippen molar-refractivity contribution in [2.75, 3.05) is 13.2 Å². The van der Waals surface area contributed by atoms with Crippen molar-refractivity contribution in [2.24, 2.45) is 0 Å². The molecule has 1 aliphatic heterocycles. The van der Waals surface area contributed by atoms with Gasteiger partial charge in [0.25, 0.3) is 0 Å². The van der Waals surface area contributed by atoms with Crippen molar-refractivity contribution in [3.63, 3.8) is 0 Å². The zero-order valence-corrected chi connectivity index (χ0v) is 11.9. The molecule has 1 unspecified atom stereocenters. The maximum absolute atomic E-state index is 5.93. The van der Waals surface area contributed by atoms with E-state index in [9.17, 15) is 0 Å². The third-order valence-electron chi connectivity index (χ3n) is 3.51. The van der Waals surface area contributed by atoms with Crippen LogP contribution in [0.25, 0.3) is 5.57 Å². The van der Waals surface area contributed by atoms with Crippen LogP contribution in [0.2, 0.25) is 0 Å². The van der Waals surface area contributed by atoms with E-state index in [2.05, 4.69) is 30.9 Å². The second-order valence-electron chi connectivity index (χ2n) is 4.88. The van der Waals surface area contributed by atoms with E-state index in [0.717, 1.165) is 11.3 Å². The highest BCUT2D eigenvalue weighted by Crippen LogP contribution is 2.40. The average Bonchev–Trinajstić information content (AvgIpc) is 3.03. The van der Waals surface area contributed by atoms with Crippen LogP contribution >= 0.6 is 0 Å². The molecule has 0 aromatic heterocycles. The van der Waals surface area contributed by atoms with Gasteiger partial charge in [0.15, 0.2) is 0 Å². The summed E-state index contributed by atoms with van der Waals surface area (Å²) in [5, 5.41) is 0. The molecule has 1 heterocycles. The van der Waals surface area contributed by atoms with Crippen molar-refractivity contribution in [1.29, 1.82) is 0 Å². The highest BCUT2D eigenvalue weighted by molar-refractivity contribution is 5.72. The summed E-state index contributed by atoms with van der Waals surface area (Å²) in [4.78, 5) is 0. The van der Waals surface area contributed by atoms with Gasteiger partial charge in [0.2, 0.25) is 0 Å². The molecule has 0 N–H and O–H groups in total. The van der Waals surface area contributed by atoms with Crippen LogP contribution in [-0.2, 0) is 4.74 Å². The molecule has 106 valence electrons. The van der Waals surface area contributed by atoms with E-state index in [-0.39, 0.29) is 6.10 Å². The summed E-state index contributed by atoms with van der Waals surface area (Å²) in [5.74, 6) is 0.853. The summed E-state index contributed by atoms with van der Waals surface area (Å²) in [6.07, 6.45) is 3.82. The number of benzene rings is 2. The van der Waals surface area contributed by atoms with Crippen LogP contribution < -0.4 is 4.74 Å². The summed E-state index contributed by atoms with van der Waals surface area (Å²) in [7, 11) is 0. The SMILES string of the molecule is C=CCOc1ccccc1C1OCC=C1c1ccccc1. The van der Waals surface area contributed by atoms with Crippen LogP contribution in [0, 0.1) is 0 Å². The molecule has 0 spiro atoms. The second kappa shape index (κ2) is 6.42. The van der Waals surface area contributed by atoms with Gasteiger partial charge in [0.05, 0.1) is 6.61 Å². The standard InChI is InChI=1S/C19H18O2/c1-2-13-20-18-11-7-6-10-17(18)19-16(12-14-21-19)15-8-4-3-5-9-15/h2-12,19H,1,13-14H2. The van der Waals surface area contributed by atoms with Gasteiger partial charge in [-0.15, -0.1) is 0 Å². The minimum Gasteiger partial charge on any atom is -0.489 e. The quantitative estimate of drug-likeness (QED) is 0.754. The first kappa shape index (κ1) is 13.7. The van der Waals surface area contributed by atoms with Crippen LogP contribution in [-0.4, -0.2) is 13.2 Å². The molecule has 0 saturated carbocycles. The van der Waals surface area contributed by atoms with Gasteiger partial charge in [-0.2, -0.15) is 0 Å². The highest BCUT2D eigenvalue weighted by Gasteiger charge is 2.25. The maximum atomic E-state index is 5.93. The summed E-state index contributed by atoms with van der Waals surface area (Å²) in [6, 6.07) is 18.4. The minimum absolute atomic E-state index is 0.0755. The molecule has 3 rings (SSSR count). The van der Waals surface area contributed by atoms with E-state index in [1.807, 2.05) is 36.4 Å². The van der Waals surface area contributed by atoms with Crippen LogP contribution in [0.3, 0.4) is 0 Å². The lowest BCUT2D eigenvalue weighted by atomic mass is 9.95. The zero-order valence-electron chi connectivity index (χ0n) is 11.9. The number of rotatable bonds is 5. The molecule has 2 heteroatoms. The van der Waals surface area contributed by atoms with Crippen LogP contribution in [0.4, 0.5) is 0 Å². The molecule has 2 aromatic carbocycles. The third-order valence-corrected chi connectivity index (χ3v) is 3.51. The second-order valence-corrected chi connectivity index (χ2v) is 4.88. The molecule has 0 fully saturated rings. The monoisotopic (exact) mass is 278 g/mol. The Bertz CT molecular complexity index is 644. The molecule has 0 amide bonds. The summed E-state index contributed by atoms with van der Waals surface area (Å²) >= 11 is 0. The van der Waals surface area contributed by atoms with Crippen LogP contribution in [0.15, 0.2) is 73.3 Å². The van der Waals surface area contributed by atoms with Gasteiger partial charge in [0, 0.05) is 5.56 Å². The van der Waals surface area contributed by atoms with Gasteiger partial charge in [-0.25, -0.2) is 0 Å². The first-order valence-corrected chi connectivity index (χ1v) is 7.10. The van der Waals surface area contributed by atoms with Crippen molar-refractivity contribution >= 4 is 5.57 Å². The fourth-order valence-corrected chi connectivity index (χ4v) is 2.57. The predicted octanol–water partition coefficient (Wildman–Crippen LogP) is 4.41. The van der Waals surface area contributed by atoms with Crippen molar-refractivity contribution in [3.05, 3.63) is 84.5 Å². The molecule has 2 aromatic rings. The van der Waals surface area contributed by atoms with Crippen LogP contribution in [0.5, 0.6) is 5.75 Å². The maximum Gasteiger partial charge on any atom is 0.125 e. The van der Waals surface area contributed by atoms with E-state index in [1.54, 1.807) is 6.08 Å². The Hall–Kier alpha value is -2.32. The fraction of sp³-hybridized carbons (Fsp3) is 0.158. The lowest BCUT2D eigenvalue weighted by Crippen LogP contribution is -2.05. The molecule has 0 saturated heterocycles. The van der Waals surface area contributed by atoms with Crippen molar-refractivity contribution in [1.82, 2.24) is 0 Å². The average molecular weight is 278 g/mol. The molecule has 0 radical (unpaired) electrons. The smallest absolute Gasteiger partial charge is 0.125 e. The fourth-order valence-electron chi connectivity index (χ4n) is 2.57. The lowest BCUT2D eigenvalue weighted by Gasteiger charge is -2.19. The lowest BCUT2D eigenvalue weighted by molar-refractivity contribution is 0.131. The molecule has 0 bridgehead atoms. The minimum atomic E-state index is -0.0755. The van der Waals surface area contributed by atoms with E-state index in [1.165, 1.54) is 11.1 Å². The van der Waals surface area contributed by atoms with Gasteiger partial charge in [0.1, 0.15) is 18.5 Å². The largest absolute Gasteiger partial charge is 0.489 e. The Morgan fingerprint density at radius 1 is 1.10 bits per heavy atom. The Balaban J connectivity index is 1.93. The van der Waals surface area contributed by atoms with Crippen LogP contribution in [0.1, 0.15) is 17.2 Å². The summed E-state index contributed by atoms with van der Waals surface area (Å²) < 4.78 is 11.7. The molecule has 21 heavy (non-hydrogen) atoms. The number of hydrogen-bond acceptors (Lipinski definition) is 2. The molecular formula is C19H18O2. The van der Waals surface area contributed by atoms with Gasteiger partial charge in [-0.1, -0.05) is 67.3 Å². The Morgan fingerprint density at radius 3 is 2.67 bits per heavy atom. The highest BCUT2D eigenvalue weighted by atomic mass is 16.5. The molecule has 1 aliphatic rings. The van der Waals surface area contributed by atoms with Gasteiger partial charge in [-0.05, 0) is 17.2 Å².